The zero-order valence-electron chi connectivity index (χ0n) is 15.3. The van der Waals surface area contributed by atoms with Gasteiger partial charge in [-0.05, 0) is 24.3 Å². The Morgan fingerprint density at radius 1 is 1.03 bits per heavy atom. The van der Waals surface area contributed by atoms with Gasteiger partial charge in [0, 0.05) is 31.7 Å². The van der Waals surface area contributed by atoms with Crippen molar-refractivity contribution >= 4 is 22.9 Å². The highest BCUT2D eigenvalue weighted by Gasteiger charge is 2.26. The fourth-order valence-electron chi connectivity index (χ4n) is 3.33. The number of amides is 1. The smallest absolute Gasteiger partial charge is 0.265 e. The number of anilines is 1. The first-order chi connectivity index (χ1) is 14.1. The van der Waals surface area contributed by atoms with Crippen LogP contribution in [0.4, 0.5) is 14.5 Å². The first kappa shape index (κ1) is 19.0. The van der Waals surface area contributed by atoms with Crippen LogP contribution < -0.4 is 4.90 Å². The van der Waals surface area contributed by atoms with Gasteiger partial charge >= 0.3 is 0 Å². The molecule has 1 fully saturated rings. The largest absolute Gasteiger partial charge is 0.367 e. The van der Waals surface area contributed by atoms with Crippen LogP contribution in [0.15, 0.2) is 48.7 Å². The molecule has 146 valence electrons. The molecule has 5 nitrogen and oxygen atoms in total. The number of nitriles is 1. The van der Waals surface area contributed by atoms with Crippen LogP contribution in [0, 0.1) is 23.0 Å². The molecular weight excluding hydrogens is 394 g/mol. The Morgan fingerprint density at radius 2 is 1.76 bits per heavy atom. The van der Waals surface area contributed by atoms with Crippen molar-refractivity contribution < 1.29 is 13.6 Å². The normalized spacial score (nSPS) is 14.0. The SMILES string of the molecule is N#Cc1c(F)cccc1N1CCN(C(=O)c2cnc(-c3ccccc3F)s2)CC1. The van der Waals surface area contributed by atoms with Crippen molar-refractivity contribution in [2.75, 3.05) is 31.1 Å². The van der Waals surface area contributed by atoms with E-state index in [1.807, 2.05) is 11.0 Å². The van der Waals surface area contributed by atoms with E-state index in [4.69, 9.17) is 0 Å². The van der Waals surface area contributed by atoms with Crippen LogP contribution in [0.1, 0.15) is 15.2 Å². The van der Waals surface area contributed by atoms with E-state index in [-0.39, 0.29) is 17.3 Å². The quantitative estimate of drug-likeness (QED) is 0.657. The maximum Gasteiger partial charge on any atom is 0.265 e. The van der Waals surface area contributed by atoms with Gasteiger partial charge < -0.3 is 9.80 Å². The van der Waals surface area contributed by atoms with Gasteiger partial charge in [-0.3, -0.25) is 4.79 Å². The van der Waals surface area contributed by atoms with Crippen LogP contribution in [0.5, 0.6) is 0 Å². The average molecular weight is 410 g/mol. The summed E-state index contributed by atoms with van der Waals surface area (Å²) < 4.78 is 27.8. The van der Waals surface area contributed by atoms with Crippen molar-refractivity contribution in [3.8, 4) is 16.6 Å². The Kier molecular flexibility index (Phi) is 5.23. The summed E-state index contributed by atoms with van der Waals surface area (Å²) in [4.78, 5) is 21.1. The van der Waals surface area contributed by atoms with Crippen molar-refractivity contribution in [1.82, 2.24) is 9.88 Å². The minimum absolute atomic E-state index is 0.0178. The molecule has 0 N–H and O–H groups in total. The van der Waals surface area contributed by atoms with Crippen molar-refractivity contribution in [3.05, 3.63) is 70.7 Å². The Hall–Kier alpha value is -3.31. The van der Waals surface area contributed by atoms with E-state index in [0.717, 1.165) is 11.3 Å². The number of piperazine rings is 1. The van der Waals surface area contributed by atoms with Crippen LogP contribution in [-0.4, -0.2) is 42.0 Å². The summed E-state index contributed by atoms with van der Waals surface area (Å²) in [6.07, 6.45) is 1.47. The van der Waals surface area contributed by atoms with Crippen LogP contribution in [0.25, 0.3) is 10.6 Å². The predicted octanol–water partition coefficient (Wildman–Crippen LogP) is 3.92. The number of rotatable bonds is 3. The van der Waals surface area contributed by atoms with Gasteiger partial charge in [0.2, 0.25) is 0 Å². The molecule has 1 amide bonds. The molecule has 8 heteroatoms. The number of nitrogens with zero attached hydrogens (tertiary/aromatic N) is 4. The summed E-state index contributed by atoms with van der Waals surface area (Å²) in [6.45, 7) is 1.85. The van der Waals surface area contributed by atoms with E-state index in [2.05, 4.69) is 4.98 Å². The van der Waals surface area contributed by atoms with Crippen molar-refractivity contribution in [1.29, 1.82) is 5.26 Å². The van der Waals surface area contributed by atoms with Gasteiger partial charge in [-0.2, -0.15) is 5.26 Å². The lowest BCUT2D eigenvalue weighted by Gasteiger charge is -2.36. The second-order valence-electron chi connectivity index (χ2n) is 6.53. The van der Waals surface area contributed by atoms with Crippen LogP contribution in [-0.2, 0) is 0 Å². The van der Waals surface area contributed by atoms with Crippen LogP contribution in [0.2, 0.25) is 0 Å². The van der Waals surface area contributed by atoms with Crippen LogP contribution >= 0.6 is 11.3 Å². The maximum absolute atomic E-state index is 14.0. The molecule has 2 heterocycles. The topological polar surface area (TPSA) is 60.2 Å². The predicted molar refractivity (Wildman–Crippen MR) is 107 cm³/mol. The molecule has 0 unspecified atom stereocenters. The molecule has 0 saturated carbocycles. The number of carbonyl (C=O) groups is 1. The number of carbonyl (C=O) groups excluding carboxylic acids is 1. The molecule has 2 aromatic carbocycles. The summed E-state index contributed by atoms with van der Waals surface area (Å²) in [6, 6.07) is 12.8. The Bertz CT molecular complexity index is 1100. The maximum atomic E-state index is 14.0. The molecule has 3 aromatic rings. The lowest BCUT2D eigenvalue weighted by Crippen LogP contribution is -2.48. The van der Waals surface area contributed by atoms with Crippen LogP contribution in [0.3, 0.4) is 0 Å². The Balaban J connectivity index is 1.46. The molecule has 0 bridgehead atoms. The number of benzene rings is 2. The van der Waals surface area contributed by atoms with Gasteiger partial charge in [-0.1, -0.05) is 18.2 Å². The lowest BCUT2D eigenvalue weighted by atomic mass is 10.1. The molecule has 4 rings (SSSR count). The zero-order valence-corrected chi connectivity index (χ0v) is 16.1. The standard InChI is InChI=1S/C21H16F2N4OS/c22-16-5-2-1-4-14(16)20-25-13-19(29-20)21(28)27-10-8-26(9-11-27)18-7-3-6-17(23)15(18)12-24/h1-7,13H,8-11H2. The number of thiazole rings is 1. The fraction of sp³-hybridized carbons (Fsp3) is 0.190. The Morgan fingerprint density at radius 3 is 2.48 bits per heavy atom. The third-order valence-corrected chi connectivity index (χ3v) is 5.85. The number of aromatic nitrogens is 1. The summed E-state index contributed by atoms with van der Waals surface area (Å²) in [5, 5.41) is 9.68. The fourth-order valence-corrected chi connectivity index (χ4v) is 4.24. The molecule has 0 spiro atoms. The average Bonchev–Trinajstić information content (AvgIpc) is 3.23. The number of hydrogen-bond acceptors (Lipinski definition) is 5. The van der Waals surface area contributed by atoms with Crippen molar-refractivity contribution in [2.24, 2.45) is 0 Å². The first-order valence-corrected chi connectivity index (χ1v) is 9.83. The first-order valence-electron chi connectivity index (χ1n) is 9.02. The van der Waals surface area contributed by atoms with E-state index in [0.29, 0.717) is 47.3 Å². The third kappa shape index (κ3) is 3.69. The summed E-state index contributed by atoms with van der Waals surface area (Å²) >= 11 is 1.16. The molecule has 1 aliphatic rings. The minimum atomic E-state index is -0.547. The van der Waals surface area contributed by atoms with E-state index in [1.165, 1.54) is 18.3 Å². The molecule has 1 saturated heterocycles. The van der Waals surface area contributed by atoms with E-state index in [9.17, 15) is 18.8 Å². The molecule has 1 aliphatic heterocycles. The van der Waals surface area contributed by atoms with Gasteiger partial charge in [0.1, 0.15) is 33.2 Å². The molecular formula is C21H16F2N4OS. The van der Waals surface area contributed by atoms with Gasteiger partial charge in [0.15, 0.2) is 0 Å². The monoisotopic (exact) mass is 410 g/mol. The van der Waals surface area contributed by atoms with Gasteiger partial charge in [0.25, 0.3) is 5.91 Å². The number of halogens is 2. The zero-order chi connectivity index (χ0) is 20.4. The molecule has 1 aromatic heterocycles. The van der Waals surface area contributed by atoms with Crippen molar-refractivity contribution in [2.45, 2.75) is 0 Å². The van der Waals surface area contributed by atoms with Gasteiger partial charge in [-0.15, -0.1) is 11.3 Å². The van der Waals surface area contributed by atoms with Crippen molar-refractivity contribution in [3.63, 3.8) is 0 Å². The van der Waals surface area contributed by atoms with Gasteiger partial charge in [-0.25, -0.2) is 13.8 Å². The molecule has 0 atom stereocenters. The third-order valence-electron chi connectivity index (χ3n) is 4.83. The highest BCUT2D eigenvalue weighted by Crippen LogP contribution is 2.29. The number of hydrogen-bond donors (Lipinski definition) is 0. The summed E-state index contributed by atoms with van der Waals surface area (Å²) in [7, 11) is 0. The second-order valence-corrected chi connectivity index (χ2v) is 7.57. The van der Waals surface area contributed by atoms with E-state index >= 15 is 0 Å². The molecule has 0 radical (unpaired) electrons. The molecule has 29 heavy (non-hydrogen) atoms. The van der Waals surface area contributed by atoms with E-state index in [1.54, 1.807) is 35.2 Å². The molecule has 0 aliphatic carbocycles. The summed E-state index contributed by atoms with van der Waals surface area (Å²) in [5.74, 6) is -1.09. The second kappa shape index (κ2) is 7.97. The highest BCUT2D eigenvalue weighted by atomic mass is 32.1. The lowest BCUT2D eigenvalue weighted by molar-refractivity contribution is 0.0751. The Labute approximate surface area is 170 Å². The highest BCUT2D eigenvalue weighted by molar-refractivity contribution is 7.16. The minimum Gasteiger partial charge on any atom is -0.367 e. The van der Waals surface area contributed by atoms with Gasteiger partial charge in [0.05, 0.1) is 11.9 Å². The van der Waals surface area contributed by atoms with E-state index < -0.39 is 5.82 Å². The summed E-state index contributed by atoms with van der Waals surface area (Å²) in [5.41, 5.74) is 0.931.